The molecule has 0 aromatic heterocycles. The van der Waals surface area contributed by atoms with Crippen LogP contribution in [0.5, 0.6) is 0 Å². The molecule has 1 heterocycles. The van der Waals surface area contributed by atoms with Gasteiger partial charge in [0.05, 0.1) is 6.10 Å². The third-order valence-electron chi connectivity index (χ3n) is 5.33. The molecule has 1 N–H and O–H groups in total. The Morgan fingerprint density at radius 2 is 1.48 bits per heavy atom. The van der Waals surface area contributed by atoms with Gasteiger partial charge >= 0.3 is 0 Å². The van der Waals surface area contributed by atoms with E-state index in [-0.39, 0.29) is 18.1 Å². The van der Waals surface area contributed by atoms with Gasteiger partial charge in [0.2, 0.25) is 5.91 Å². The average molecular weight is 354 g/mol. The third-order valence-corrected chi connectivity index (χ3v) is 5.33. The largest absolute Gasteiger partial charge is 0.391 e. The van der Waals surface area contributed by atoms with Crippen molar-refractivity contribution in [2.75, 3.05) is 6.54 Å². The van der Waals surface area contributed by atoms with Crippen molar-refractivity contribution in [3.05, 3.63) is 0 Å². The molecule has 4 nitrogen and oxygen atoms in total. The Bertz CT molecular complexity index is 383. The number of carbonyl (C=O) groups is 2. The van der Waals surface area contributed by atoms with Crippen LogP contribution in [0.4, 0.5) is 0 Å². The van der Waals surface area contributed by atoms with Crippen molar-refractivity contribution in [2.45, 2.75) is 116 Å². The molecule has 1 aliphatic heterocycles. The number of unbranched alkanes of at least 4 members (excludes halogenated alkanes) is 7. The molecule has 0 aliphatic carbocycles. The van der Waals surface area contributed by atoms with E-state index < -0.39 is 0 Å². The number of aliphatic hydroxyl groups is 1. The van der Waals surface area contributed by atoms with Gasteiger partial charge < -0.3 is 10.0 Å². The quantitative estimate of drug-likeness (QED) is 0.463. The smallest absolute Gasteiger partial charge is 0.222 e. The maximum Gasteiger partial charge on any atom is 0.222 e. The zero-order valence-electron chi connectivity index (χ0n) is 16.5. The van der Waals surface area contributed by atoms with Crippen molar-refractivity contribution in [3.63, 3.8) is 0 Å². The fraction of sp³-hybridized carbons (Fsp3) is 0.905. The molecule has 1 fully saturated rings. The number of Topliss-reactive ketones (excluding diaryl/α,β-unsaturated/α-hetero) is 1. The van der Waals surface area contributed by atoms with E-state index in [0.29, 0.717) is 25.2 Å². The highest BCUT2D eigenvalue weighted by Gasteiger charge is 2.32. The molecule has 0 saturated carbocycles. The normalized spacial score (nSPS) is 20.2. The predicted molar refractivity (Wildman–Crippen MR) is 103 cm³/mol. The summed E-state index contributed by atoms with van der Waals surface area (Å²) < 4.78 is 0. The molecule has 1 aliphatic rings. The number of hydrogen-bond acceptors (Lipinski definition) is 3. The zero-order valence-corrected chi connectivity index (χ0v) is 16.5. The van der Waals surface area contributed by atoms with Crippen molar-refractivity contribution in [1.82, 2.24) is 4.90 Å². The van der Waals surface area contributed by atoms with Gasteiger partial charge in [-0.15, -0.1) is 0 Å². The van der Waals surface area contributed by atoms with Crippen LogP contribution >= 0.6 is 0 Å². The molecular formula is C21H39NO3. The summed E-state index contributed by atoms with van der Waals surface area (Å²) in [6.45, 7) is 4.60. The Labute approximate surface area is 154 Å². The highest BCUT2D eigenvalue weighted by atomic mass is 16.3. The van der Waals surface area contributed by atoms with Gasteiger partial charge in [-0.05, 0) is 25.7 Å². The second kappa shape index (κ2) is 13.3. The standard InChI is InChI=1S/C21H39NO3/c1-3-13-18-16-20(24)17-22(18)21(25)15-12-10-8-6-5-7-9-11-14-19(23)4-2/h18,20,24H,3-17H2,1-2H3/t18-,20-/m1/s1. The summed E-state index contributed by atoms with van der Waals surface area (Å²) in [5.74, 6) is 0.618. The first-order chi connectivity index (χ1) is 12.1. The number of ketones is 1. The number of likely N-dealkylation sites (tertiary alicyclic amines) is 1. The van der Waals surface area contributed by atoms with Crippen molar-refractivity contribution in [3.8, 4) is 0 Å². The summed E-state index contributed by atoms with van der Waals surface area (Å²) in [5.41, 5.74) is 0. The van der Waals surface area contributed by atoms with E-state index in [2.05, 4.69) is 6.92 Å². The van der Waals surface area contributed by atoms with Crippen LogP contribution in [0.3, 0.4) is 0 Å². The van der Waals surface area contributed by atoms with Crippen LogP contribution in [-0.2, 0) is 9.59 Å². The number of carbonyl (C=O) groups excluding carboxylic acids is 2. The molecule has 1 rings (SSSR count). The van der Waals surface area contributed by atoms with Crippen molar-refractivity contribution in [1.29, 1.82) is 0 Å². The van der Waals surface area contributed by atoms with E-state index in [1.165, 1.54) is 32.1 Å². The number of amides is 1. The van der Waals surface area contributed by atoms with Crippen LogP contribution in [0.15, 0.2) is 0 Å². The van der Waals surface area contributed by atoms with Gasteiger partial charge in [-0.25, -0.2) is 0 Å². The Morgan fingerprint density at radius 3 is 2.04 bits per heavy atom. The first-order valence-electron chi connectivity index (χ1n) is 10.6. The topological polar surface area (TPSA) is 57.6 Å². The lowest BCUT2D eigenvalue weighted by Crippen LogP contribution is -2.35. The summed E-state index contributed by atoms with van der Waals surface area (Å²) in [7, 11) is 0. The van der Waals surface area contributed by atoms with Gasteiger partial charge in [-0.3, -0.25) is 9.59 Å². The van der Waals surface area contributed by atoms with Gasteiger partial charge in [0, 0.05) is 31.8 Å². The maximum absolute atomic E-state index is 12.4. The molecule has 0 radical (unpaired) electrons. The molecule has 0 aromatic rings. The second-order valence-electron chi connectivity index (χ2n) is 7.60. The van der Waals surface area contributed by atoms with Crippen LogP contribution in [0.2, 0.25) is 0 Å². The number of nitrogens with zero attached hydrogens (tertiary/aromatic N) is 1. The summed E-state index contributed by atoms with van der Waals surface area (Å²) in [4.78, 5) is 25.5. The minimum Gasteiger partial charge on any atom is -0.391 e. The molecule has 1 saturated heterocycles. The van der Waals surface area contributed by atoms with Crippen LogP contribution in [-0.4, -0.2) is 40.4 Å². The number of rotatable bonds is 14. The maximum atomic E-state index is 12.4. The van der Waals surface area contributed by atoms with Gasteiger partial charge in [0.15, 0.2) is 0 Å². The van der Waals surface area contributed by atoms with E-state index in [4.69, 9.17) is 0 Å². The SMILES string of the molecule is CCC[C@@H]1C[C@@H](O)CN1C(=O)CCCCCCCCCCC(=O)CC. The van der Waals surface area contributed by atoms with Crippen molar-refractivity contribution >= 4 is 11.7 Å². The number of aliphatic hydroxyl groups excluding tert-OH is 1. The molecule has 25 heavy (non-hydrogen) atoms. The molecule has 0 spiro atoms. The van der Waals surface area contributed by atoms with E-state index >= 15 is 0 Å². The summed E-state index contributed by atoms with van der Waals surface area (Å²) in [6.07, 6.45) is 13.7. The Morgan fingerprint density at radius 1 is 0.920 bits per heavy atom. The zero-order chi connectivity index (χ0) is 18.5. The Kier molecular flexibility index (Phi) is 11.8. The Hall–Kier alpha value is -0.900. The highest BCUT2D eigenvalue weighted by molar-refractivity contribution is 5.78. The van der Waals surface area contributed by atoms with E-state index in [9.17, 15) is 14.7 Å². The predicted octanol–water partition coefficient (Wildman–Crippen LogP) is 4.63. The first-order valence-corrected chi connectivity index (χ1v) is 10.6. The van der Waals surface area contributed by atoms with Crippen molar-refractivity contribution in [2.24, 2.45) is 0 Å². The molecular weight excluding hydrogens is 314 g/mol. The molecule has 0 unspecified atom stereocenters. The van der Waals surface area contributed by atoms with E-state index in [0.717, 1.165) is 44.9 Å². The van der Waals surface area contributed by atoms with Gasteiger partial charge in [-0.1, -0.05) is 58.8 Å². The first kappa shape index (κ1) is 22.1. The molecule has 0 bridgehead atoms. The van der Waals surface area contributed by atoms with Crippen LogP contribution in [0, 0.1) is 0 Å². The summed E-state index contributed by atoms with van der Waals surface area (Å²) >= 11 is 0. The van der Waals surface area contributed by atoms with E-state index in [1.54, 1.807) is 0 Å². The third kappa shape index (κ3) is 9.39. The summed E-state index contributed by atoms with van der Waals surface area (Å²) in [5, 5.41) is 9.81. The van der Waals surface area contributed by atoms with Crippen LogP contribution in [0.1, 0.15) is 104 Å². The lowest BCUT2D eigenvalue weighted by molar-refractivity contribution is -0.132. The van der Waals surface area contributed by atoms with Crippen molar-refractivity contribution < 1.29 is 14.7 Å². The fourth-order valence-electron chi connectivity index (χ4n) is 3.78. The molecule has 4 heteroatoms. The van der Waals surface area contributed by atoms with E-state index in [1.807, 2.05) is 11.8 Å². The minimum atomic E-state index is -0.326. The van der Waals surface area contributed by atoms with Gasteiger partial charge in [0.1, 0.15) is 5.78 Å². The summed E-state index contributed by atoms with van der Waals surface area (Å²) in [6, 6.07) is 0.257. The average Bonchev–Trinajstić information content (AvgIpc) is 2.97. The fourth-order valence-corrected chi connectivity index (χ4v) is 3.78. The number of hydrogen-bond donors (Lipinski definition) is 1. The molecule has 1 amide bonds. The van der Waals surface area contributed by atoms with Gasteiger partial charge in [-0.2, -0.15) is 0 Å². The lowest BCUT2D eigenvalue weighted by atomic mass is 10.0. The molecule has 146 valence electrons. The second-order valence-corrected chi connectivity index (χ2v) is 7.60. The minimum absolute atomic E-state index is 0.232. The van der Waals surface area contributed by atoms with Crippen LogP contribution < -0.4 is 0 Å². The van der Waals surface area contributed by atoms with Gasteiger partial charge in [0.25, 0.3) is 0 Å². The monoisotopic (exact) mass is 353 g/mol. The molecule has 0 aromatic carbocycles. The number of β-amino-alcohol motifs (C(OH)–C–C–N with tert-alkyl or cyclic N) is 1. The molecule has 2 atom stereocenters. The lowest BCUT2D eigenvalue weighted by Gasteiger charge is -2.24. The van der Waals surface area contributed by atoms with Crippen LogP contribution in [0.25, 0.3) is 0 Å². The Balaban J connectivity index is 1.98. The highest BCUT2D eigenvalue weighted by Crippen LogP contribution is 2.23.